The second-order valence-corrected chi connectivity index (χ2v) is 8.58. The zero-order valence-electron chi connectivity index (χ0n) is 18.1. The number of fused-ring (bicyclic) bond motifs is 2. The van der Waals surface area contributed by atoms with E-state index in [1.807, 2.05) is 47.0 Å². The maximum atomic E-state index is 13.2. The first-order valence-corrected chi connectivity index (χ1v) is 10.9. The number of rotatable bonds is 6. The van der Waals surface area contributed by atoms with Gasteiger partial charge in [-0.25, -0.2) is 4.79 Å². The lowest BCUT2D eigenvalue weighted by Gasteiger charge is -2.31. The largest absolute Gasteiger partial charge is 0.465 e. The number of hydrogen-bond donors (Lipinski definition) is 1. The molecule has 166 valence electrons. The number of nitrogens with one attached hydrogen (secondary N) is 1. The molecule has 2 aliphatic rings. The molecule has 2 heterocycles. The number of aromatic nitrogens is 1. The van der Waals surface area contributed by atoms with Crippen molar-refractivity contribution in [2.24, 2.45) is 0 Å². The second-order valence-electron chi connectivity index (χ2n) is 8.58. The third-order valence-electron chi connectivity index (χ3n) is 6.45. The number of carbonyl (C=O) groups is 2. The van der Waals surface area contributed by atoms with Crippen molar-refractivity contribution >= 4 is 22.8 Å². The first-order valence-electron chi connectivity index (χ1n) is 10.9. The van der Waals surface area contributed by atoms with Crippen LogP contribution in [0.25, 0.3) is 10.9 Å². The number of amides is 1. The van der Waals surface area contributed by atoms with Crippen molar-refractivity contribution in [3.8, 4) is 11.5 Å². The molecule has 0 atom stereocenters. The quantitative estimate of drug-likeness (QED) is 0.597. The average molecular weight is 434 g/mol. The van der Waals surface area contributed by atoms with Crippen LogP contribution in [-0.4, -0.2) is 35.9 Å². The number of nitrogens with zero attached hydrogens (tertiary/aromatic N) is 1. The third kappa shape index (κ3) is 3.79. The molecule has 7 heteroatoms. The van der Waals surface area contributed by atoms with Gasteiger partial charge in [-0.15, -0.1) is 0 Å². The molecule has 1 aromatic heterocycles. The second kappa shape index (κ2) is 8.22. The van der Waals surface area contributed by atoms with E-state index < -0.39 is 5.97 Å². The summed E-state index contributed by atoms with van der Waals surface area (Å²) in [5, 5.41) is 4.11. The van der Waals surface area contributed by atoms with Gasteiger partial charge in [-0.1, -0.05) is 37.1 Å². The molecule has 0 radical (unpaired) electrons. The zero-order chi connectivity index (χ0) is 22.1. The lowest BCUT2D eigenvalue weighted by Crippen LogP contribution is -2.49. The fourth-order valence-electron chi connectivity index (χ4n) is 4.98. The highest BCUT2D eigenvalue weighted by molar-refractivity contribution is 6.04. The van der Waals surface area contributed by atoms with E-state index in [1.165, 1.54) is 7.11 Å². The van der Waals surface area contributed by atoms with Crippen LogP contribution in [0.5, 0.6) is 11.5 Å². The van der Waals surface area contributed by atoms with Crippen molar-refractivity contribution in [1.29, 1.82) is 0 Å². The van der Waals surface area contributed by atoms with Crippen LogP contribution < -0.4 is 14.8 Å². The Balaban J connectivity index is 1.36. The van der Waals surface area contributed by atoms with Crippen LogP contribution in [0.4, 0.5) is 0 Å². The summed E-state index contributed by atoms with van der Waals surface area (Å²) in [7, 11) is 1.36. The summed E-state index contributed by atoms with van der Waals surface area (Å²) >= 11 is 0. The Bertz CT molecular complexity index is 1180. The number of methoxy groups -OCH3 is 1. The molecule has 32 heavy (non-hydrogen) atoms. The van der Waals surface area contributed by atoms with Gasteiger partial charge in [-0.3, -0.25) is 4.79 Å². The smallest absolute Gasteiger partial charge is 0.340 e. The van der Waals surface area contributed by atoms with Gasteiger partial charge in [0.15, 0.2) is 11.5 Å². The van der Waals surface area contributed by atoms with E-state index in [1.54, 1.807) is 6.20 Å². The van der Waals surface area contributed by atoms with Gasteiger partial charge in [0.05, 0.1) is 12.7 Å². The van der Waals surface area contributed by atoms with E-state index in [2.05, 4.69) is 5.32 Å². The third-order valence-corrected chi connectivity index (χ3v) is 6.45. The molecule has 1 amide bonds. The van der Waals surface area contributed by atoms with Gasteiger partial charge in [0.2, 0.25) is 12.7 Å². The molecular weight excluding hydrogens is 408 g/mol. The zero-order valence-corrected chi connectivity index (χ0v) is 18.1. The molecular formula is C25H26N2O5. The van der Waals surface area contributed by atoms with Crippen LogP contribution in [0.1, 0.15) is 41.6 Å². The molecule has 0 bridgehead atoms. The van der Waals surface area contributed by atoms with Crippen LogP contribution in [0, 0.1) is 0 Å². The Morgan fingerprint density at radius 1 is 1.09 bits per heavy atom. The highest BCUT2D eigenvalue weighted by Gasteiger charge is 2.36. The number of para-hydroxylation sites is 1. The van der Waals surface area contributed by atoms with Crippen molar-refractivity contribution in [2.45, 2.75) is 44.2 Å². The van der Waals surface area contributed by atoms with Crippen LogP contribution in [0.15, 0.2) is 48.7 Å². The maximum Gasteiger partial charge on any atom is 0.340 e. The van der Waals surface area contributed by atoms with E-state index >= 15 is 0 Å². The fourth-order valence-corrected chi connectivity index (χ4v) is 4.98. The highest BCUT2D eigenvalue weighted by Crippen LogP contribution is 2.37. The number of carbonyl (C=O) groups excluding carboxylic acids is 2. The molecule has 0 saturated heterocycles. The van der Waals surface area contributed by atoms with Crippen molar-refractivity contribution in [3.63, 3.8) is 0 Å². The first-order chi connectivity index (χ1) is 15.6. The predicted octanol–water partition coefficient (Wildman–Crippen LogP) is 3.83. The molecule has 0 unspecified atom stereocenters. The van der Waals surface area contributed by atoms with E-state index in [0.717, 1.165) is 60.1 Å². The van der Waals surface area contributed by atoms with Crippen LogP contribution in [0.3, 0.4) is 0 Å². The first kappa shape index (κ1) is 20.4. The molecule has 1 aliphatic heterocycles. The highest BCUT2D eigenvalue weighted by atomic mass is 16.7. The van der Waals surface area contributed by atoms with Crippen molar-refractivity contribution in [1.82, 2.24) is 9.88 Å². The molecule has 7 nitrogen and oxygen atoms in total. The molecule has 2 aromatic carbocycles. The lowest BCUT2D eigenvalue weighted by atomic mass is 9.88. The molecule has 1 saturated carbocycles. The van der Waals surface area contributed by atoms with Gasteiger partial charge in [0, 0.05) is 22.6 Å². The standard InChI is InChI=1S/C25H26N2O5/c1-30-24(29)19-14-27(20-7-3-2-6-18(19)20)15-23(28)26-25(10-4-5-11-25)13-17-8-9-21-22(12-17)32-16-31-21/h2-3,6-9,12,14H,4-5,10-11,13,15-16H2,1H3,(H,26,28). The van der Waals surface area contributed by atoms with Gasteiger partial charge < -0.3 is 24.1 Å². The number of hydrogen-bond acceptors (Lipinski definition) is 5. The minimum atomic E-state index is -0.407. The summed E-state index contributed by atoms with van der Waals surface area (Å²) in [6, 6.07) is 13.5. The summed E-state index contributed by atoms with van der Waals surface area (Å²) in [4.78, 5) is 25.3. The van der Waals surface area contributed by atoms with E-state index in [-0.39, 0.29) is 24.8 Å². The maximum absolute atomic E-state index is 13.2. The Kier molecular flexibility index (Phi) is 5.25. The number of esters is 1. The van der Waals surface area contributed by atoms with Gasteiger partial charge in [0.25, 0.3) is 0 Å². The van der Waals surface area contributed by atoms with Gasteiger partial charge in [-0.05, 0) is 43.0 Å². The number of ether oxygens (including phenoxy) is 3. The predicted molar refractivity (Wildman–Crippen MR) is 119 cm³/mol. The van der Waals surface area contributed by atoms with Gasteiger partial charge in [0.1, 0.15) is 6.54 Å². The molecule has 0 spiro atoms. The molecule has 1 fully saturated rings. The van der Waals surface area contributed by atoms with Crippen molar-refractivity contribution in [3.05, 3.63) is 59.8 Å². The van der Waals surface area contributed by atoms with Crippen molar-refractivity contribution in [2.75, 3.05) is 13.9 Å². The minimum Gasteiger partial charge on any atom is -0.465 e. The van der Waals surface area contributed by atoms with Crippen LogP contribution in [0.2, 0.25) is 0 Å². The molecule has 1 N–H and O–H groups in total. The molecule has 3 aromatic rings. The van der Waals surface area contributed by atoms with Crippen LogP contribution >= 0.6 is 0 Å². The van der Waals surface area contributed by atoms with E-state index in [0.29, 0.717) is 5.56 Å². The van der Waals surface area contributed by atoms with Gasteiger partial charge in [-0.2, -0.15) is 0 Å². The van der Waals surface area contributed by atoms with Gasteiger partial charge >= 0.3 is 5.97 Å². The monoisotopic (exact) mass is 434 g/mol. The average Bonchev–Trinajstić information content (AvgIpc) is 3.52. The number of benzene rings is 2. The summed E-state index contributed by atoms with van der Waals surface area (Å²) in [6.45, 7) is 0.388. The Labute approximate surface area is 186 Å². The summed E-state index contributed by atoms with van der Waals surface area (Å²) in [6.07, 6.45) is 6.50. The van der Waals surface area contributed by atoms with E-state index in [4.69, 9.17) is 14.2 Å². The van der Waals surface area contributed by atoms with Crippen LogP contribution in [-0.2, 0) is 22.5 Å². The topological polar surface area (TPSA) is 78.8 Å². The summed E-state index contributed by atoms with van der Waals surface area (Å²) in [5.74, 6) is 1.05. The van der Waals surface area contributed by atoms with Crippen molar-refractivity contribution < 1.29 is 23.8 Å². The normalized spacial score (nSPS) is 16.3. The van der Waals surface area contributed by atoms with E-state index in [9.17, 15) is 9.59 Å². The fraction of sp³-hybridized carbons (Fsp3) is 0.360. The Hall–Kier alpha value is -3.48. The SMILES string of the molecule is COC(=O)c1cn(CC(=O)NC2(Cc3ccc4c(c3)OCO4)CCCC2)c2ccccc12. The lowest BCUT2D eigenvalue weighted by molar-refractivity contribution is -0.123. The minimum absolute atomic E-state index is 0.0650. The Morgan fingerprint density at radius 3 is 2.69 bits per heavy atom. The Morgan fingerprint density at radius 2 is 1.88 bits per heavy atom. The summed E-state index contributed by atoms with van der Waals surface area (Å²) < 4.78 is 17.7. The molecule has 5 rings (SSSR count). The molecule has 1 aliphatic carbocycles. The summed E-state index contributed by atoms with van der Waals surface area (Å²) in [5.41, 5.74) is 2.14.